The molecule has 30 heavy (non-hydrogen) atoms. The molecule has 2 N–H and O–H groups in total. The molecule has 1 aromatic rings. The molecule has 1 aromatic heterocycles. The van der Waals surface area contributed by atoms with Crippen molar-refractivity contribution in [1.29, 1.82) is 0 Å². The lowest BCUT2D eigenvalue weighted by Gasteiger charge is -2.18. The Labute approximate surface area is 182 Å². The second-order valence-electron chi connectivity index (χ2n) is 8.32. The van der Waals surface area contributed by atoms with Crippen molar-refractivity contribution in [3.8, 4) is 0 Å². The molecular formula is C22H31N5O2S. The van der Waals surface area contributed by atoms with Gasteiger partial charge in [-0.05, 0) is 38.0 Å². The van der Waals surface area contributed by atoms with Crippen LogP contribution in [0.1, 0.15) is 35.3 Å². The number of nitrogens with one attached hydrogen (secondary N) is 2. The summed E-state index contributed by atoms with van der Waals surface area (Å²) in [4.78, 5) is 37.1. The first-order valence-electron chi connectivity index (χ1n) is 11.0. The maximum absolute atomic E-state index is 12.7. The molecule has 0 aromatic carbocycles. The van der Waals surface area contributed by atoms with Crippen molar-refractivity contribution < 1.29 is 9.59 Å². The average molecular weight is 430 g/mol. The van der Waals surface area contributed by atoms with Gasteiger partial charge in [-0.25, -0.2) is 4.98 Å². The summed E-state index contributed by atoms with van der Waals surface area (Å²) in [6.45, 7) is 6.16. The number of aliphatic imine (C=N–C) groups is 1. The maximum atomic E-state index is 12.7. The molecule has 0 spiro atoms. The van der Waals surface area contributed by atoms with Gasteiger partial charge in [-0.3, -0.25) is 19.5 Å². The first kappa shape index (κ1) is 21.0. The van der Waals surface area contributed by atoms with E-state index in [1.807, 2.05) is 0 Å². The van der Waals surface area contributed by atoms with Gasteiger partial charge in [0.1, 0.15) is 0 Å². The van der Waals surface area contributed by atoms with E-state index < -0.39 is 0 Å². The fourth-order valence-electron chi connectivity index (χ4n) is 5.06. The highest BCUT2D eigenvalue weighted by molar-refractivity contribution is 7.11. The lowest BCUT2D eigenvalue weighted by atomic mass is 9.85. The van der Waals surface area contributed by atoms with Crippen LogP contribution in [0.2, 0.25) is 0 Å². The first-order chi connectivity index (χ1) is 14.5. The summed E-state index contributed by atoms with van der Waals surface area (Å²) in [7, 11) is 1.75. The van der Waals surface area contributed by atoms with Crippen molar-refractivity contribution >= 4 is 29.1 Å². The second kappa shape index (κ2) is 8.88. The smallest absolute Gasteiger partial charge is 0.233 e. The van der Waals surface area contributed by atoms with E-state index in [0.29, 0.717) is 19.5 Å². The number of amides is 2. The van der Waals surface area contributed by atoms with Crippen LogP contribution < -0.4 is 10.6 Å². The summed E-state index contributed by atoms with van der Waals surface area (Å²) in [5, 5.41) is 7.74. The Morgan fingerprint density at radius 1 is 1.20 bits per heavy atom. The highest BCUT2D eigenvalue weighted by Crippen LogP contribution is 2.52. The molecule has 8 heteroatoms. The number of carbonyl (C=O) groups excluding carboxylic acids is 2. The standard InChI is InChI=1S/C22H31N5O2S/c1-4-16-13(2)30-17(26-16)8-10-25-22(23-3)24-9-5-11-27-20(28)18-14-6-7-15(12-14)19(18)21(27)29/h6-7,14-15,18-19H,4-5,8-12H2,1-3H3,(H2,23,24,25). The maximum Gasteiger partial charge on any atom is 0.233 e. The lowest BCUT2D eigenvalue weighted by molar-refractivity contribution is -0.140. The largest absolute Gasteiger partial charge is 0.356 e. The summed E-state index contributed by atoms with van der Waals surface area (Å²) < 4.78 is 0. The van der Waals surface area contributed by atoms with Gasteiger partial charge in [-0.2, -0.15) is 0 Å². The Morgan fingerprint density at radius 2 is 1.87 bits per heavy atom. The van der Waals surface area contributed by atoms with Gasteiger partial charge < -0.3 is 10.6 Å². The number of guanidine groups is 1. The number of thiazole rings is 1. The molecule has 1 saturated carbocycles. The number of aromatic nitrogens is 1. The summed E-state index contributed by atoms with van der Waals surface area (Å²) in [5.74, 6) is 1.16. The predicted molar refractivity (Wildman–Crippen MR) is 118 cm³/mol. The number of allylic oxidation sites excluding steroid dienone is 2. The minimum atomic E-state index is -0.0994. The molecule has 2 bridgehead atoms. The van der Waals surface area contributed by atoms with Crippen molar-refractivity contribution in [2.45, 2.75) is 39.5 Å². The van der Waals surface area contributed by atoms with Crippen LogP contribution in [0, 0.1) is 30.6 Å². The molecule has 2 aliphatic carbocycles. The normalized spacial score (nSPS) is 27.3. The van der Waals surface area contributed by atoms with E-state index in [2.05, 4.69) is 46.6 Å². The quantitative estimate of drug-likeness (QED) is 0.217. The van der Waals surface area contributed by atoms with Gasteiger partial charge >= 0.3 is 0 Å². The molecule has 162 valence electrons. The third-order valence-electron chi connectivity index (χ3n) is 6.54. The van der Waals surface area contributed by atoms with Gasteiger partial charge in [0, 0.05) is 38.0 Å². The molecule has 0 radical (unpaired) electrons. The third kappa shape index (κ3) is 3.89. The summed E-state index contributed by atoms with van der Waals surface area (Å²) in [6.07, 6.45) is 7.79. The van der Waals surface area contributed by atoms with E-state index in [4.69, 9.17) is 0 Å². The number of rotatable bonds is 8. The molecule has 7 nitrogen and oxygen atoms in total. The minimum absolute atomic E-state index is 0.0366. The topological polar surface area (TPSA) is 86.7 Å². The fraction of sp³-hybridized carbons (Fsp3) is 0.636. The Morgan fingerprint density at radius 3 is 2.47 bits per heavy atom. The molecule has 2 amide bonds. The predicted octanol–water partition coefficient (Wildman–Crippen LogP) is 1.92. The van der Waals surface area contributed by atoms with Crippen molar-refractivity contribution in [2.24, 2.45) is 28.7 Å². The van der Waals surface area contributed by atoms with E-state index in [1.54, 1.807) is 18.4 Å². The second-order valence-corrected chi connectivity index (χ2v) is 9.61. The summed E-state index contributed by atoms with van der Waals surface area (Å²) in [6, 6.07) is 0. The molecule has 2 fully saturated rings. The zero-order chi connectivity index (χ0) is 21.3. The molecule has 4 atom stereocenters. The van der Waals surface area contributed by atoms with E-state index in [1.165, 1.54) is 15.5 Å². The van der Waals surface area contributed by atoms with E-state index in [-0.39, 0.29) is 35.5 Å². The molecule has 2 heterocycles. The van der Waals surface area contributed by atoms with Crippen molar-refractivity contribution in [3.63, 3.8) is 0 Å². The zero-order valence-corrected chi connectivity index (χ0v) is 18.8. The summed E-state index contributed by atoms with van der Waals surface area (Å²) >= 11 is 1.76. The highest BCUT2D eigenvalue weighted by Gasteiger charge is 2.58. The van der Waals surface area contributed by atoms with Crippen LogP contribution in [0.25, 0.3) is 0 Å². The van der Waals surface area contributed by atoms with Gasteiger partial charge in [0.2, 0.25) is 11.8 Å². The van der Waals surface area contributed by atoms with E-state index >= 15 is 0 Å². The van der Waals surface area contributed by atoms with E-state index in [0.717, 1.165) is 36.8 Å². The number of aryl methyl sites for hydroxylation is 2. The Balaban J connectivity index is 1.17. The Kier molecular flexibility index (Phi) is 6.22. The molecule has 4 rings (SSSR count). The molecule has 4 unspecified atom stereocenters. The molecule has 1 aliphatic heterocycles. The number of likely N-dealkylation sites (tertiary alicyclic amines) is 1. The number of hydrogen-bond donors (Lipinski definition) is 2. The van der Waals surface area contributed by atoms with Crippen LogP contribution in [0.5, 0.6) is 0 Å². The number of hydrogen-bond acceptors (Lipinski definition) is 5. The molecule has 3 aliphatic rings. The van der Waals surface area contributed by atoms with Crippen LogP contribution in [0.15, 0.2) is 17.1 Å². The van der Waals surface area contributed by atoms with Gasteiger partial charge in [0.25, 0.3) is 0 Å². The zero-order valence-electron chi connectivity index (χ0n) is 18.0. The van der Waals surface area contributed by atoms with Crippen LogP contribution >= 0.6 is 11.3 Å². The first-order valence-corrected chi connectivity index (χ1v) is 11.8. The van der Waals surface area contributed by atoms with Gasteiger partial charge in [0.15, 0.2) is 5.96 Å². The van der Waals surface area contributed by atoms with Crippen molar-refractivity contribution in [1.82, 2.24) is 20.5 Å². The monoisotopic (exact) mass is 429 g/mol. The van der Waals surface area contributed by atoms with Crippen LogP contribution in [0.4, 0.5) is 0 Å². The number of fused-ring (bicyclic) bond motifs is 5. The molecule has 1 saturated heterocycles. The molecular weight excluding hydrogens is 398 g/mol. The third-order valence-corrected chi connectivity index (χ3v) is 7.61. The van der Waals surface area contributed by atoms with Crippen molar-refractivity contribution in [2.75, 3.05) is 26.7 Å². The Hall–Kier alpha value is -2.22. The van der Waals surface area contributed by atoms with Gasteiger partial charge in [-0.15, -0.1) is 11.3 Å². The van der Waals surface area contributed by atoms with Gasteiger partial charge in [0.05, 0.1) is 22.5 Å². The highest BCUT2D eigenvalue weighted by atomic mass is 32.1. The van der Waals surface area contributed by atoms with Crippen LogP contribution in [0.3, 0.4) is 0 Å². The lowest BCUT2D eigenvalue weighted by Crippen LogP contribution is -2.40. The summed E-state index contributed by atoms with van der Waals surface area (Å²) in [5.41, 5.74) is 1.19. The Bertz CT molecular complexity index is 847. The fourth-order valence-corrected chi connectivity index (χ4v) is 6.08. The minimum Gasteiger partial charge on any atom is -0.356 e. The van der Waals surface area contributed by atoms with Gasteiger partial charge in [-0.1, -0.05) is 19.1 Å². The van der Waals surface area contributed by atoms with Crippen molar-refractivity contribution in [3.05, 3.63) is 27.7 Å². The number of carbonyl (C=O) groups is 2. The SMILES string of the molecule is CCc1nc(CCNC(=NC)NCCCN2C(=O)C3C4C=CC(C4)C3C2=O)sc1C. The van der Waals surface area contributed by atoms with Crippen LogP contribution in [-0.4, -0.2) is 54.3 Å². The van der Waals surface area contributed by atoms with Crippen LogP contribution in [-0.2, 0) is 22.4 Å². The average Bonchev–Trinajstić information content (AvgIpc) is 3.49. The number of nitrogens with zero attached hydrogens (tertiary/aromatic N) is 3. The van der Waals surface area contributed by atoms with E-state index in [9.17, 15) is 9.59 Å². The number of imide groups is 1.